The molecule has 2 saturated carbocycles. The van der Waals surface area contributed by atoms with Gasteiger partial charge in [0.2, 0.25) is 5.88 Å². The van der Waals surface area contributed by atoms with Crippen LogP contribution in [0.3, 0.4) is 0 Å². The number of rotatable bonds is 5. The molecular weight excluding hydrogens is 446 g/mol. The van der Waals surface area contributed by atoms with Crippen LogP contribution in [0.25, 0.3) is 5.69 Å². The van der Waals surface area contributed by atoms with Gasteiger partial charge >= 0.3 is 0 Å². The van der Waals surface area contributed by atoms with Crippen molar-refractivity contribution < 1.29 is 4.74 Å². The van der Waals surface area contributed by atoms with E-state index < -0.39 is 0 Å². The number of nitrogens with zero attached hydrogens (tertiary/aromatic N) is 4. The summed E-state index contributed by atoms with van der Waals surface area (Å²) in [4.78, 5) is 4.32. The van der Waals surface area contributed by atoms with E-state index in [-0.39, 0.29) is 6.10 Å². The van der Waals surface area contributed by atoms with Gasteiger partial charge in [0.05, 0.1) is 5.69 Å². The van der Waals surface area contributed by atoms with Gasteiger partial charge in [-0.15, -0.1) is 10.2 Å². The number of ether oxygens (including phenoxy) is 1. The lowest BCUT2D eigenvalue weighted by Crippen LogP contribution is -2.39. The number of aromatic nitrogens is 4. The predicted octanol–water partition coefficient (Wildman–Crippen LogP) is 5.42. The molecule has 2 aliphatic carbocycles. The summed E-state index contributed by atoms with van der Waals surface area (Å²) in [6.45, 7) is 0. The lowest BCUT2D eigenvalue weighted by Gasteiger charge is -2.28. The van der Waals surface area contributed by atoms with Crippen LogP contribution in [0.4, 0.5) is 0 Å². The van der Waals surface area contributed by atoms with Crippen molar-refractivity contribution in [3.05, 3.63) is 64.8 Å². The Labute approximate surface area is 206 Å². The van der Waals surface area contributed by atoms with Crippen LogP contribution in [0, 0.1) is 0 Å². The lowest BCUT2D eigenvalue weighted by atomic mass is 9.86. The molecule has 34 heavy (non-hydrogen) atoms. The Morgan fingerprint density at radius 2 is 1.76 bits per heavy atom. The molecule has 1 aliphatic heterocycles. The maximum absolute atomic E-state index is 6.44. The summed E-state index contributed by atoms with van der Waals surface area (Å²) in [5.74, 6) is 3.26. The number of pyridine rings is 1. The van der Waals surface area contributed by atoms with Crippen molar-refractivity contribution in [3.63, 3.8) is 0 Å². The van der Waals surface area contributed by atoms with Crippen molar-refractivity contribution >= 4 is 11.6 Å². The second-order valence-corrected chi connectivity index (χ2v) is 10.5. The molecule has 3 aliphatic rings. The maximum atomic E-state index is 6.44. The number of hydrogen-bond donors (Lipinski definition) is 1. The SMILES string of the molecule is Clc1ccc2c(c1)C[C@H](NC1CCCC1)Cc1nnc([C@H]3CC[C@H](Oc4ccccn4)CC3)n1-2. The molecular formula is C27H32ClN5O. The minimum Gasteiger partial charge on any atom is -0.474 e. The first-order valence-corrected chi connectivity index (χ1v) is 13.2. The smallest absolute Gasteiger partial charge is 0.213 e. The molecule has 3 aromatic rings. The summed E-state index contributed by atoms with van der Waals surface area (Å²) in [6.07, 6.45) is 13.2. The Balaban J connectivity index is 1.23. The van der Waals surface area contributed by atoms with E-state index in [0.29, 0.717) is 23.9 Å². The number of fused-ring (bicyclic) bond motifs is 3. The van der Waals surface area contributed by atoms with Crippen LogP contribution in [-0.2, 0) is 12.8 Å². The molecule has 3 heterocycles. The molecule has 1 aromatic carbocycles. The fourth-order valence-electron chi connectivity index (χ4n) is 6.05. The van der Waals surface area contributed by atoms with Gasteiger partial charge in [-0.1, -0.05) is 30.5 Å². The highest BCUT2D eigenvalue weighted by atomic mass is 35.5. The van der Waals surface area contributed by atoms with Gasteiger partial charge in [0.25, 0.3) is 0 Å². The molecule has 1 atom stereocenters. The zero-order valence-corrected chi connectivity index (χ0v) is 20.3. The van der Waals surface area contributed by atoms with E-state index >= 15 is 0 Å². The molecule has 0 spiro atoms. The first-order chi connectivity index (χ1) is 16.7. The quantitative estimate of drug-likeness (QED) is 0.531. The van der Waals surface area contributed by atoms with Crippen LogP contribution in [0.2, 0.25) is 5.02 Å². The third-order valence-corrected chi connectivity index (χ3v) is 7.96. The van der Waals surface area contributed by atoms with Crippen LogP contribution < -0.4 is 10.1 Å². The van der Waals surface area contributed by atoms with Crippen molar-refractivity contribution in [2.45, 2.75) is 88.3 Å². The van der Waals surface area contributed by atoms with E-state index in [1.165, 1.54) is 36.9 Å². The average molecular weight is 478 g/mol. The molecule has 1 N–H and O–H groups in total. The standard InChI is InChI=1S/C27H32ClN5O/c28-20-10-13-24-19(15-20)16-22(30-21-5-1-2-6-21)17-25-31-32-27(33(24)25)18-8-11-23(12-9-18)34-26-7-3-4-14-29-26/h3-4,7,10,13-15,18,21-23,30H,1-2,5-6,8-9,11-12,16-17H2/t18-,22-,23-/m0/s1. The van der Waals surface area contributed by atoms with Gasteiger partial charge in [-0.3, -0.25) is 4.57 Å². The molecule has 6 nitrogen and oxygen atoms in total. The Morgan fingerprint density at radius 1 is 0.912 bits per heavy atom. The molecule has 178 valence electrons. The fourth-order valence-corrected chi connectivity index (χ4v) is 6.25. The van der Waals surface area contributed by atoms with Crippen LogP contribution in [0.5, 0.6) is 5.88 Å². The average Bonchev–Trinajstić information content (AvgIpc) is 3.48. The molecule has 0 amide bonds. The zero-order valence-electron chi connectivity index (χ0n) is 19.5. The summed E-state index contributed by atoms with van der Waals surface area (Å²) in [5, 5.41) is 14.2. The zero-order chi connectivity index (χ0) is 22.9. The van der Waals surface area contributed by atoms with E-state index in [4.69, 9.17) is 26.5 Å². The van der Waals surface area contributed by atoms with Crippen LogP contribution in [-0.4, -0.2) is 37.9 Å². The van der Waals surface area contributed by atoms with E-state index in [2.05, 4.69) is 27.0 Å². The predicted molar refractivity (Wildman–Crippen MR) is 133 cm³/mol. The third-order valence-electron chi connectivity index (χ3n) is 7.72. The van der Waals surface area contributed by atoms with E-state index in [9.17, 15) is 0 Å². The Kier molecular flexibility index (Phi) is 6.27. The molecule has 6 rings (SSSR count). The maximum Gasteiger partial charge on any atom is 0.213 e. The van der Waals surface area contributed by atoms with Crippen LogP contribution in [0.15, 0.2) is 42.6 Å². The topological polar surface area (TPSA) is 64.9 Å². The Morgan fingerprint density at radius 3 is 2.56 bits per heavy atom. The molecule has 7 heteroatoms. The Bertz CT molecular complexity index is 1120. The van der Waals surface area contributed by atoms with E-state index in [0.717, 1.165) is 55.2 Å². The van der Waals surface area contributed by atoms with Gasteiger partial charge in [0.1, 0.15) is 17.8 Å². The van der Waals surface area contributed by atoms with Crippen LogP contribution >= 0.6 is 11.6 Å². The van der Waals surface area contributed by atoms with Gasteiger partial charge < -0.3 is 10.1 Å². The minimum absolute atomic E-state index is 0.212. The number of benzene rings is 1. The monoisotopic (exact) mass is 477 g/mol. The van der Waals surface area contributed by atoms with Gasteiger partial charge in [0, 0.05) is 41.7 Å². The minimum atomic E-state index is 0.212. The largest absolute Gasteiger partial charge is 0.474 e. The molecule has 0 radical (unpaired) electrons. The molecule has 0 bridgehead atoms. The molecule has 2 aromatic heterocycles. The summed E-state index contributed by atoms with van der Waals surface area (Å²) in [7, 11) is 0. The number of nitrogens with one attached hydrogen (secondary N) is 1. The highest BCUT2D eigenvalue weighted by molar-refractivity contribution is 6.30. The van der Waals surface area contributed by atoms with Crippen molar-refractivity contribution in [1.29, 1.82) is 0 Å². The fraction of sp³-hybridized carbons (Fsp3) is 0.519. The van der Waals surface area contributed by atoms with Crippen molar-refractivity contribution in [2.75, 3.05) is 0 Å². The lowest BCUT2D eigenvalue weighted by molar-refractivity contribution is 0.139. The second kappa shape index (κ2) is 9.67. The summed E-state index contributed by atoms with van der Waals surface area (Å²) in [5.41, 5.74) is 2.48. The molecule has 0 saturated heterocycles. The summed E-state index contributed by atoms with van der Waals surface area (Å²) in [6, 6.07) is 13.1. The number of hydrogen-bond acceptors (Lipinski definition) is 5. The highest BCUT2D eigenvalue weighted by Crippen LogP contribution is 2.37. The van der Waals surface area contributed by atoms with Crippen molar-refractivity contribution in [3.8, 4) is 11.6 Å². The first kappa shape index (κ1) is 22.1. The van der Waals surface area contributed by atoms with Crippen molar-refractivity contribution in [1.82, 2.24) is 25.1 Å². The number of halogens is 1. The van der Waals surface area contributed by atoms with E-state index in [1.54, 1.807) is 6.20 Å². The summed E-state index contributed by atoms with van der Waals surface area (Å²) >= 11 is 6.44. The van der Waals surface area contributed by atoms with Gasteiger partial charge in [-0.2, -0.15) is 0 Å². The first-order valence-electron chi connectivity index (χ1n) is 12.8. The van der Waals surface area contributed by atoms with Gasteiger partial charge in [0.15, 0.2) is 0 Å². The van der Waals surface area contributed by atoms with Gasteiger partial charge in [-0.05, 0) is 74.8 Å². The van der Waals surface area contributed by atoms with Gasteiger partial charge in [-0.25, -0.2) is 4.98 Å². The molecule has 2 fully saturated rings. The summed E-state index contributed by atoms with van der Waals surface area (Å²) < 4.78 is 8.46. The Hall–Kier alpha value is -2.44. The molecule has 0 unspecified atom stereocenters. The normalized spacial score (nSPS) is 24.9. The highest BCUT2D eigenvalue weighted by Gasteiger charge is 2.32. The van der Waals surface area contributed by atoms with Crippen LogP contribution in [0.1, 0.15) is 74.5 Å². The van der Waals surface area contributed by atoms with E-state index in [1.807, 2.05) is 24.3 Å². The third kappa shape index (κ3) is 4.58. The van der Waals surface area contributed by atoms with Crippen molar-refractivity contribution in [2.24, 2.45) is 0 Å². The second-order valence-electron chi connectivity index (χ2n) is 10.1.